The van der Waals surface area contributed by atoms with Crippen LogP contribution in [0.2, 0.25) is 0 Å². The Labute approximate surface area is 181 Å². The van der Waals surface area contributed by atoms with Gasteiger partial charge in [-0.1, -0.05) is 0 Å². The van der Waals surface area contributed by atoms with Gasteiger partial charge in [-0.05, 0) is 51.3 Å². The molecule has 0 amide bonds. The number of aromatic nitrogens is 3. The number of nitrogens with zero attached hydrogens (tertiary/aromatic N) is 4. The number of carbonyl (C=O) groups is 2. The molecule has 0 radical (unpaired) electrons. The number of esters is 1. The van der Waals surface area contributed by atoms with Crippen molar-refractivity contribution in [1.29, 1.82) is 0 Å². The molecule has 166 valence electrons. The van der Waals surface area contributed by atoms with Crippen molar-refractivity contribution in [3.05, 3.63) is 40.8 Å². The molecule has 4 rings (SSSR count). The van der Waals surface area contributed by atoms with Crippen molar-refractivity contribution in [3.63, 3.8) is 0 Å². The third-order valence-electron chi connectivity index (χ3n) is 5.98. The van der Waals surface area contributed by atoms with Gasteiger partial charge in [0.15, 0.2) is 28.0 Å². The summed E-state index contributed by atoms with van der Waals surface area (Å²) >= 11 is 0. The molecule has 0 aromatic carbocycles. The second-order valence-corrected chi connectivity index (χ2v) is 10.4. The predicted octanol–water partition coefficient (Wildman–Crippen LogP) is 1.89. The Morgan fingerprint density at radius 3 is 2.52 bits per heavy atom. The van der Waals surface area contributed by atoms with Crippen molar-refractivity contribution in [2.75, 3.05) is 36.1 Å². The fourth-order valence-corrected chi connectivity index (χ4v) is 6.13. The number of carbonyl (C=O) groups excluding carboxylic acids is 2. The maximum absolute atomic E-state index is 12.7. The number of Topliss-reactive ketones (excluding diaryl/α,β-unsaturated/α-hetero) is 1. The summed E-state index contributed by atoms with van der Waals surface area (Å²) in [6.07, 6.45) is 2.77. The molecule has 4 heterocycles. The highest BCUT2D eigenvalue weighted by atomic mass is 32.2. The zero-order chi connectivity index (χ0) is 22.2. The number of anilines is 1. The van der Waals surface area contributed by atoms with Crippen LogP contribution in [0.1, 0.15) is 57.5 Å². The number of aryl methyl sites for hydroxylation is 1. The molecule has 0 N–H and O–H groups in total. The van der Waals surface area contributed by atoms with Gasteiger partial charge in [-0.2, -0.15) is 0 Å². The lowest BCUT2D eigenvalue weighted by molar-refractivity contribution is 0.0467. The Balaban J connectivity index is 1.39. The molecule has 2 saturated heterocycles. The summed E-state index contributed by atoms with van der Waals surface area (Å²) in [6, 6.07) is 4.85. The number of ether oxygens (including phenoxy) is 1. The summed E-state index contributed by atoms with van der Waals surface area (Å²) in [7, 11) is -3.04. The van der Waals surface area contributed by atoms with Gasteiger partial charge in [0.05, 0.1) is 11.5 Å². The minimum Gasteiger partial charge on any atom is -0.453 e. The Bertz CT molecular complexity index is 1100. The Morgan fingerprint density at radius 1 is 1.16 bits per heavy atom. The van der Waals surface area contributed by atoms with Crippen LogP contribution in [0.4, 0.5) is 5.82 Å². The molecule has 9 nitrogen and oxygen atoms in total. The molecule has 2 aliphatic heterocycles. The van der Waals surface area contributed by atoms with Crippen molar-refractivity contribution in [2.45, 2.75) is 39.2 Å². The Kier molecular flexibility index (Phi) is 5.83. The van der Waals surface area contributed by atoms with E-state index in [0.29, 0.717) is 17.7 Å². The normalized spacial score (nSPS) is 20.2. The zero-order valence-electron chi connectivity index (χ0n) is 17.7. The van der Waals surface area contributed by atoms with Crippen LogP contribution in [-0.2, 0) is 14.6 Å². The maximum atomic E-state index is 12.7. The summed E-state index contributed by atoms with van der Waals surface area (Å²) in [5.41, 5.74) is 2.00. The van der Waals surface area contributed by atoms with Gasteiger partial charge in [-0.15, -0.1) is 10.2 Å². The van der Waals surface area contributed by atoms with Crippen LogP contribution in [0.5, 0.6) is 0 Å². The Morgan fingerprint density at radius 2 is 1.90 bits per heavy atom. The van der Waals surface area contributed by atoms with Crippen LogP contribution >= 0.6 is 0 Å². The molecule has 0 aliphatic carbocycles. The van der Waals surface area contributed by atoms with Gasteiger partial charge >= 0.3 is 5.97 Å². The fourth-order valence-electron chi connectivity index (χ4n) is 4.43. The molecule has 1 unspecified atom stereocenters. The van der Waals surface area contributed by atoms with Crippen molar-refractivity contribution >= 4 is 27.4 Å². The van der Waals surface area contributed by atoms with E-state index in [4.69, 9.17) is 4.74 Å². The van der Waals surface area contributed by atoms with Gasteiger partial charge in [-0.3, -0.25) is 4.79 Å². The number of hydrogen-bond acceptors (Lipinski definition) is 8. The van der Waals surface area contributed by atoms with Crippen molar-refractivity contribution < 1.29 is 22.7 Å². The van der Waals surface area contributed by atoms with Crippen LogP contribution in [0.3, 0.4) is 0 Å². The third-order valence-corrected chi connectivity index (χ3v) is 7.73. The first-order chi connectivity index (χ1) is 14.7. The van der Waals surface area contributed by atoms with Crippen LogP contribution < -0.4 is 4.90 Å². The first-order valence-corrected chi connectivity index (χ1v) is 12.2. The maximum Gasteiger partial charge on any atom is 0.359 e. The summed E-state index contributed by atoms with van der Waals surface area (Å²) in [5, 5.41) is 8.03. The number of hydrogen-bond donors (Lipinski definition) is 0. The van der Waals surface area contributed by atoms with Crippen molar-refractivity contribution in [1.82, 2.24) is 14.8 Å². The molecule has 2 aliphatic rings. The van der Waals surface area contributed by atoms with Crippen LogP contribution in [0.25, 0.3) is 0 Å². The number of rotatable bonds is 6. The van der Waals surface area contributed by atoms with E-state index in [-0.39, 0.29) is 29.0 Å². The third kappa shape index (κ3) is 4.48. The molecule has 2 aromatic rings. The van der Waals surface area contributed by atoms with Gasteiger partial charge in [0.25, 0.3) is 0 Å². The van der Waals surface area contributed by atoms with Gasteiger partial charge in [0, 0.05) is 36.1 Å². The van der Waals surface area contributed by atoms with Gasteiger partial charge in [0.2, 0.25) is 5.78 Å². The SMILES string of the molecule is Cc1cc(C(=O)COC(=O)c2ccc(N3CCCC3)nn2)c(C)n1C1CCS(=O)(=O)C1. The molecular formula is C21H26N4O5S. The van der Waals surface area contributed by atoms with Gasteiger partial charge in [0.1, 0.15) is 0 Å². The van der Waals surface area contributed by atoms with Crippen molar-refractivity contribution in [3.8, 4) is 0 Å². The monoisotopic (exact) mass is 446 g/mol. The highest BCUT2D eigenvalue weighted by Crippen LogP contribution is 2.29. The summed E-state index contributed by atoms with van der Waals surface area (Å²) in [5.74, 6) is -0.0724. The minimum atomic E-state index is -3.04. The van der Waals surface area contributed by atoms with E-state index in [1.54, 1.807) is 25.1 Å². The van der Waals surface area contributed by atoms with Crippen LogP contribution in [-0.4, -0.2) is 66.1 Å². The molecule has 0 spiro atoms. The standard InChI is InChI=1S/C21H26N4O5S/c1-14-11-17(15(2)25(14)16-7-10-31(28,29)13-16)19(26)12-30-21(27)18-5-6-20(23-22-18)24-8-3-4-9-24/h5-6,11,16H,3-4,7-10,12-13H2,1-2H3. The summed E-state index contributed by atoms with van der Waals surface area (Å²) in [4.78, 5) is 27.1. The van der Waals surface area contributed by atoms with E-state index in [1.165, 1.54) is 0 Å². The Hall–Kier alpha value is -2.75. The summed E-state index contributed by atoms with van der Waals surface area (Å²) in [6.45, 7) is 5.08. The average molecular weight is 447 g/mol. The topological polar surface area (TPSA) is 111 Å². The van der Waals surface area contributed by atoms with Gasteiger partial charge < -0.3 is 14.2 Å². The lowest BCUT2D eigenvalue weighted by Crippen LogP contribution is -2.20. The fraction of sp³-hybridized carbons (Fsp3) is 0.524. The lowest BCUT2D eigenvalue weighted by Gasteiger charge is -2.16. The number of ketones is 1. The van der Waals surface area contributed by atoms with E-state index >= 15 is 0 Å². The first kappa shape index (κ1) is 21.5. The highest BCUT2D eigenvalue weighted by molar-refractivity contribution is 7.91. The lowest BCUT2D eigenvalue weighted by atomic mass is 10.1. The molecule has 0 saturated carbocycles. The predicted molar refractivity (Wildman–Crippen MR) is 114 cm³/mol. The minimum absolute atomic E-state index is 0.0531. The van der Waals surface area contributed by atoms with Crippen LogP contribution in [0.15, 0.2) is 18.2 Å². The molecular weight excluding hydrogens is 420 g/mol. The highest BCUT2D eigenvalue weighted by Gasteiger charge is 2.31. The van der Waals surface area contributed by atoms with E-state index in [0.717, 1.165) is 37.4 Å². The molecule has 10 heteroatoms. The summed E-state index contributed by atoms with van der Waals surface area (Å²) < 4.78 is 30.7. The number of sulfone groups is 1. The van der Waals surface area contributed by atoms with Crippen molar-refractivity contribution in [2.24, 2.45) is 0 Å². The van der Waals surface area contributed by atoms with E-state index in [1.807, 2.05) is 11.5 Å². The second-order valence-electron chi connectivity index (χ2n) is 8.18. The molecule has 1 atom stereocenters. The molecule has 2 aromatic heterocycles. The van der Waals surface area contributed by atoms with E-state index in [9.17, 15) is 18.0 Å². The van der Waals surface area contributed by atoms with E-state index < -0.39 is 22.4 Å². The second kappa shape index (κ2) is 8.41. The molecule has 31 heavy (non-hydrogen) atoms. The largest absolute Gasteiger partial charge is 0.453 e. The zero-order valence-corrected chi connectivity index (χ0v) is 18.5. The quantitative estimate of drug-likeness (QED) is 0.489. The van der Waals surface area contributed by atoms with E-state index in [2.05, 4.69) is 15.1 Å². The molecule has 2 fully saturated rings. The van der Waals surface area contributed by atoms with Crippen LogP contribution in [0, 0.1) is 13.8 Å². The molecule has 0 bridgehead atoms. The van der Waals surface area contributed by atoms with Gasteiger partial charge in [-0.25, -0.2) is 13.2 Å². The average Bonchev–Trinajstić information content (AvgIpc) is 3.46. The first-order valence-electron chi connectivity index (χ1n) is 10.4. The smallest absolute Gasteiger partial charge is 0.359 e.